The SMILES string of the molecule is N#Cc1ccc(N2CC[C@H](C(=O)NC(CN3CCCC3)C(O)c3ccc(OC4CC4)c(Cl)c3)C2)cc1. The van der Waals surface area contributed by atoms with Crippen molar-refractivity contribution in [3.05, 3.63) is 58.6 Å². The molecule has 0 aromatic heterocycles. The molecule has 2 N–H and O–H groups in total. The van der Waals surface area contributed by atoms with Crippen LogP contribution in [0, 0.1) is 17.2 Å². The molecule has 2 saturated heterocycles. The van der Waals surface area contributed by atoms with Gasteiger partial charge in [0, 0.05) is 25.3 Å². The number of hydrogen-bond donors (Lipinski definition) is 2. The maximum Gasteiger partial charge on any atom is 0.225 e. The normalized spacial score (nSPS) is 21.7. The fraction of sp³-hybridized carbons (Fsp3) is 0.500. The highest BCUT2D eigenvalue weighted by molar-refractivity contribution is 6.32. The van der Waals surface area contributed by atoms with E-state index in [1.54, 1.807) is 18.2 Å². The first-order chi connectivity index (χ1) is 17.5. The van der Waals surface area contributed by atoms with E-state index in [1.165, 1.54) is 0 Å². The molecule has 2 aromatic carbocycles. The molecule has 7 nitrogen and oxygen atoms in total. The Morgan fingerprint density at radius 3 is 2.56 bits per heavy atom. The van der Waals surface area contributed by atoms with E-state index >= 15 is 0 Å². The number of aliphatic hydroxyl groups excluding tert-OH is 1. The molecule has 5 rings (SSSR count). The number of nitrogens with one attached hydrogen (secondary N) is 1. The van der Waals surface area contributed by atoms with Crippen LogP contribution < -0.4 is 15.0 Å². The van der Waals surface area contributed by atoms with E-state index in [2.05, 4.69) is 21.2 Å². The minimum atomic E-state index is -0.877. The molecule has 2 unspecified atom stereocenters. The molecule has 1 amide bonds. The molecule has 2 aromatic rings. The number of nitrogens with zero attached hydrogens (tertiary/aromatic N) is 3. The van der Waals surface area contributed by atoms with Crippen LogP contribution in [0.2, 0.25) is 5.02 Å². The summed E-state index contributed by atoms with van der Waals surface area (Å²) in [6.07, 6.45) is 4.49. The third-order valence-corrected chi connectivity index (χ3v) is 7.69. The zero-order chi connectivity index (χ0) is 25.1. The van der Waals surface area contributed by atoms with E-state index in [1.807, 2.05) is 24.3 Å². The summed E-state index contributed by atoms with van der Waals surface area (Å²) in [5, 5.41) is 24.0. The Balaban J connectivity index is 1.25. The average Bonchev–Trinajstić information content (AvgIpc) is 3.33. The summed E-state index contributed by atoms with van der Waals surface area (Å²) in [4.78, 5) is 17.8. The molecular formula is C28H33ClN4O3. The molecule has 2 heterocycles. The van der Waals surface area contributed by atoms with Crippen LogP contribution >= 0.6 is 11.6 Å². The van der Waals surface area contributed by atoms with Crippen molar-refractivity contribution in [2.75, 3.05) is 37.6 Å². The standard InChI is InChI=1S/C28H33ClN4O3/c29-24-15-20(5-10-26(24)36-23-8-9-23)27(34)25(18-32-12-1-2-13-32)31-28(35)21-11-14-33(17-21)22-6-3-19(16-30)4-7-22/h3-7,10,15,21,23,25,27,34H,1-2,8-9,11-14,17-18H2,(H,31,35)/t21-,25?,27?/m0/s1. The van der Waals surface area contributed by atoms with E-state index in [4.69, 9.17) is 21.6 Å². The fourth-order valence-corrected chi connectivity index (χ4v) is 5.35. The van der Waals surface area contributed by atoms with Crippen LogP contribution in [-0.4, -0.2) is 60.8 Å². The number of ether oxygens (including phenoxy) is 1. The van der Waals surface area contributed by atoms with Gasteiger partial charge >= 0.3 is 0 Å². The number of amides is 1. The molecule has 190 valence electrons. The van der Waals surface area contributed by atoms with Crippen LogP contribution in [0.4, 0.5) is 5.69 Å². The zero-order valence-electron chi connectivity index (χ0n) is 20.4. The highest BCUT2D eigenvalue weighted by Gasteiger charge is 2.33. The summed E-state index contributed by atoms with van der Waals surface area (Å²) in [6, 6.07) is 14.6. The molecule has 1 aliphatic carbocycles. The second-order valence-corrected chi connectivity index (χ2v) is 10.6. The molecule has 3 aliphatic rings. The largest absolute Gasteiger partial charge is 0.489 e. The maximum absolute atomic E-state index is 13.3. The smallest absolute Gasteiger partial charge is 0.225 e. The van der Waals surface area contributed by atoms with Crippen molar-refractivity contribution >= 4 is 23.2 Å². The van der Waals surface area contributed by atoms with Crippen LogP contribution in [0.3, 0.4) is 0 Å². The molecule has 0 spiro atoms. The van der Waals surface area contributed by atoms with Crippen molar-refractivity contribution in [2.45, 2.75) is 50.4 Å². The topological polar surface area (TPSA) is 88.8 Å². The first-order valence-corrected chi connectivity index (χ1v) is 13.3. The maximum atomic E-state index is 13.3. The predicted molar refractivity (Wildman–Crippen MR) is 139 cm³/mol. The van der Waals surface area contributed by atoms with E-state index in [0.29, 0.717) is 35.0 Å². The van der Waals surface area contributed by atoms with Gasteiger partial charge in [-0.05, 0) is 87.2 Å². The van der Waals surface area contributed by atoms with Crippen molar-refractivity contribution in [3.8, 4) is 11.8 Å². The zero-order valence-corrected chi connectivity index (χ0v) is 21.2. The molecule has 3 fully saturated rings. The first-order valence-electron chi connectivity index (χ1n) is 12.9. The summed E-state index contributed by atoms with van der Waals surface area (Å²) in [6.45, 7) is 3.94. The molecule has 2 aliphatic heterocycles. The third-order valence-electron chi connectivity index (χ3n) is 7.40. The number of likely N-dealkylation sites (tertiary alicyclic amines) is 1. The first kappa shape index (κ1) is 24.9. The molecule has 0 bridgehead atoms. The minimum absolute atomic E-state index is 0.0332. The van der Waals surface area contributed by atoms with Crippen LogP contribution in [0.1, 0.15) is 49.3 Å². The van der Waals surface area contributed by atoms with Gasteiger partial charge in [0.2, 0.25) is 5.91 Å². The number of anilines is 1. The lowest BCUT2D eigenvalue weighted by molar-refractivity contribution is -0.126. The van der Waals surface area contributed by atoms with Gasteiger partial charge in [0.1, 0.15) is 11.9 Å². The summed E-state index contributed by atoms with van der Waals surface area (Å²) in [5.41, 5.74) is 2.32. The van der Waals surface area contributed by atoms with E-state index in [9.17, 15) is 9.90 Å². The van der Waals surface area contributed by atoms with Gasteiger partial charge in [-0.2, -0.15) is 5.26 Å². The Morgan fingerprint density at radius 2 is 1.89 bits per heavy atom. The van der Waals surface area contributed by atoms with Crippen molar-refractivity contribution in [2.24, 2.45) is 5.92 Å². The number of benzene rings is 2. The fourth-order valence-electron chi connectivity index (χ4n) is 5.12. The van der Waals surface area contributed by atoms with Gasteiger partial charge in [-0.1, -0.05) is 17.7 Å². The third kappa shape index (κ3) is 5.95. The lowest BCUT2D eigenvalue weighted by atomic mass is 10.00. The van der Waals surface area contributed by atoms with Gasteiger partial charge in [0.05, 0.1) is 34.7 Å². The molecule has 3 atom stereocenters. The van der Waals surface area contributed by atoms with Crippen molar-refractivity contribution in [3.63, 3.8) is 0 Å². The van der Waals surface area contributed by atoms with E-state index in [-0.39, 0.29) is 17.9 Å². The second kappa shape index (κ2) is 11.1. The Bertz CT molecular complexity index is 1110. The van der Waals surface area contributed by atoms with Crippen LogP contribution in [0.25, 0.3) is 0 Å². The average molecular weight is 509 g/mol. The highest BCUT2D eigenvalue weighted by atomic mass is 35.5. The monoisotopic (exact) mass is 508 g/mol. The number of nitriles is 1. The van der Waals surface area contributed by atoms with E-state index < -0.39 is 12.1 Å². The second-order valence-electron chi connectivity index (χ2n) is 10.2. The summed E-state index contributed by atoms with van der Waals surface area (Å²) >= 11 is 6.47. The lowest BCUT2D eigenvalue weighted by Crippen LogP contribution is -2.48. The van der Waals surface area contributed by atoms with Gasteiger partial charge in [-0.3, -0.25) is 4.79 Å². The quantitative estimate of drug-likeness (QED) is 0.534. The molecule has 1 saturated carbocycles. The Hall–Kier alpha value is -2.79. The van der Waals surface area contributed by atoms with Gasteiger partial charge in [0.25, 0.3) is 0 Å². The van der Waals surface area contributed by atoms with Gasteiger partial charge in [-0.15, -0.1) is 0 Å². The Kier molecular flexibility index (Phi) is 7.66. The number of rotatable bonds is 9. The molecular weight excluding hydrogens is 476 g/mol. The van der Waals surface area contributed by atoms with Crippen molar-refractivity contribution in [1.29, 1.82) is 5.26 Å². The molecule has 8 heteroatoms. The molecule has 36 heavy (non-hydrogen) atoms. The summed E-state index contributed by atoms with van der Waals surface area (Å²) < 4.78 is 5.84. The van der Waals surface area contributed by atoms with Gasteiger partial charge in [0.15, 0.2) is 0 Å². The number of carbonyl (C=O) groups excluding carboxylic acids is 1. The predicted octanol–water partition coefficient (Wildman–Crippen LogP) is 3.89. The number of carbonyl (C=O) groups is 1. The summed E-state index contributed by atoms with van der Waals surface area (Å²) in [7, 11) is 0. The van der Waals surface area contributed by atoms with Crippen LogP contribution in [0.15, 0.2) is 42.5 Å². The van der Waals surface area contributed by atoms with Crippen molar-refractivity contribution < 1.29 is 14.6 Å². The van der Waals surface area contributed by atoms with Crippen LogP contribution in [-0.2, 0) is 4.79 Å². The highest BCUT2D eigenvalue weighted by Crippen LogP contribution is 2.34. The van der Waals surface area contributed by atoms with Crippen molar-refractivity contribution in [1.82, 2.24) is 10.2 Å². The Labute approximate surface area is 217 Å². The molecule has 0 radical (unpaired) electrons. The Morgan fingerprint density at radius 1 is 1.14 bits per heavy atom. The number of halogens is 1. The van der Waals surface area contributed by atoms with Gasteiger partial charge < -0.3 is 25.0 Å². The number of aliphatic hydroxyl groups is 1. The van der Waals surface area contributed by atoms with Crippen LogP contribution in [0.5, 0.6) is 5.75 Å². The number of hydrogen-bond acceptors (Lipinski definition) is 6. The minimum Gasteiger partial charge on any atom is -0.489 e. The van der Waals surface area contributed by atoms with E-state index in [0.717, 1.165) is 57.4 Å². The lowest BCUT2D eigenvalue weighted by Gasteiger charge is -2.30. The van der Waals surface area contributed by atoms with Gasteiger partial charge in [-0.25, -0.2) is 0 Å². The summed E-state index contributed by atoms with van der Waals surface area (Å²) in [5.74, 6) is 0.449.